The maximum Gasteiger partial charge on any atom is 0.254 e. The van der Waals surface area contributed by atoms with Gasteiger partial charge in [0, 0.05) is 34.8 Å². The van der Waals surface area contributed by atoms with Gasteiger partial charge >= 0.3 is 0 Å². The monoisotopic (exact) mass is 421 g/mol. The quantitative estimate of drug-likeness (QED) is 0.244. The normalized spacial score (nSPS) is 21.0. The van der Waals surface area contributed by atoms with Crippen LogP contribution < -0.4 is 5.73 Å². The molecular formula is C20H31N5OS2. The van der Waals surface area contributed by atoms with E-state index in [-0.39, 0.29) is 22.1 Å². The van der Waals surface area contributed by atoms with Gasteiger partial charge in [-0.15, -0.1) is 23.5 Å². The molecule has 1 aliphatic rings. The zero-order valence-electron chi connectivity index (χ0n) is 17.0. The van der Waals surface area contributed by atoms with Gasteiger partial charge in [-0.25, -0.2) is 0 Å². The number of carbonyl (C=O) groups is 1. The van der Waals surface area contributed by atoms with Crippen molar-refractivity contribution in [3.05, 3.63) is 40.3 Å². The molecule has 0 aliphatic heterocycles. The molecule has 1 aromatic rings. The van der Waals surface area contributed by atoms with E-state index >= 15 is 0 Å². The number of benzene rings is 1. The number of hydrogen-bond donors (Lipinski definition) is 1. The summed E-state index contributed by atoms with van der Waals surface area (Å²) in [6, 6.07) is 6.89. The van der Waals surface area contributed by atoms with E-state index in [1.807, 2.05) is 28.4 Å². The molecule has 0 spiro atoms. The minimum absolute atomic E-state index is 0.0314. The molecule has 1 aromatic carbocycles. The van der Waals surface area contributed by atoms with Crippen LogP contribution in [-0.4, -0.2) is 45.0 Å². The molecule has 2 rings (SSSR count). The Morgan fingerprint density at radius 1 is 1.36 bits per heavy atom. The summed E-state index contributed by atoms with van der Waals surface area (Å²) in [5, 5.41) is 3.62. The molecule has 0 radical (unpaired) electrons. The van der Waals surface area contributed by atoms with Crippen LogP contribution in [0.25, 0.3) is 10.4 Å². The van der Waals surface area contributed by atoms with E-state index in [2.05, 4.69) is 30.8 Å². The van der Waals surface area contributed by atoms with E-state index in [9.17, 15) is 4.79 Å². The summed E-state index contributed by atoms with van der Waals surface area (Å²) in [7, 11) is 0. The van der Waals surface area contributed by atoms with Gasteiger partial charge in [-0.1, -0.05) is 38.0 Å². The topological polar surface area (TPSA) is 95.1 Å². The largest absolute Gasteiger partial charge is 0.334 e. The van der Waals surface area contributed by atoms with E-state index in [0.717, 1.165) is 37.2 Å². The van der Waals surface area contributed by atoms with Crippen LogP contribution in [0.15, 0.2) is 29.4 Å². The molecule has 1 amide bonds. The zero-order chi connectivity index (χ0) is 20.6. The number of rotatable bonds is 9. The highest BCUT2D eigenvalue weighted by Gasteiger charge is 2.42. The summed E-state index contributed by atoms with van der Waals surface area (Å²) in [5.41, 5.74) is 16.3. The fourth-order valence-electron chi connectivity index (χ4n) is 3.97. The molecule has 8 heteroatoms. The molecule has 154 valence electrons. The molecule has 0 bridgehead atoms. The van der Waals surface area contributed by atoms with Gasteiger partial charge in [0.15, 0.2) is 0 Å². The summed E-state index contributed by atoms with van der Waals surface area (Å²) >= 11 is 4.00. The van der Waals surface area contributed by atoms with Crippen molar-refractivity contribution in [1.29, 1.82) is 0 Å². The fourth-order valence-corrected chi connectivity index (χ4v) is 7.21. The van der Waals surface area contributed by atoms with E-state index in [4.69, 9.17) is 11.3 Å². The Bertz CT molecular complexity index is 702. The van der Waals surface area contributed by atoms with Gasteiger partial charge in [0.2, 0.25) is 0 Å². The Hall–Kier alpha value is -1.34. The standard InChI is InChI=1S/C20H31N5OS2/c1-4-12-25(19(26)15-8-7-9-16(13-15)23-24-22)18-10-11-20(27-5-2,28-6-3)14-17(18)21/h7-9,13,17-18H,4-6,10-12,14,21H2,1-3H3. The second-order valence-electron chi connectivity index (χ2n) is 6.99. The van der Waals surface area contributed by atoms with Gasteiger partial charge in [0.1, 0.15) is 0 Å². The second kappa shape index (κ2) is 11.0. The van der Waals surface area contributed by atoms with Crippen molar-refractivity contribution >= 4 is 35.1 Å². The summed E-state index contributed by atoms with van der Waals surface area (Å²) < 4.78 is 0.168. The Kier molecular flexibility index (Phi) is 9.02. The average molecular weight is 422 g/mol. The number of thioether (sulfide) groups is 2. The summed E-state index contributed by atoms with van der Waals surface area (Å²) in [6.45, 7) is 7.15. The number of carbonyl (C=O) groups excluding carboxylic acids is 1. The third-order valence-corrected chi connectivity index (χ3v) is 8.13. The Morgan fingerprint density at radius 3 is 2.64 bits per heavy atom. The highest BCUT2D eigenvalue weighted by molar-refractivity contribution is 8.18. The molecule has 1 aliphatic carbocycles. The van der Waals surface area contributed by atoms with Crippen molar-refractivity contribution in [2.24, 2.45) is 10.8 Å². The lowest BCUT2D eigenvalue weighted by molar-refractivity contribution is 0.0603. The molecule has 1 saturated carbocycles. The van der Waals surface area contributed by atoms with Gasteiger partial charge in [0.25, 0.3) is 5.91 Å². The van der Waals surface area contributed by atoms with Crippen LogP contribution in [0.2, 0.25) is 0 Å². The minimum Gasteiger partial charge on any atom is -0.334 e. The maximum absolute atomic E-state index is 13.3. The van der Waals surface area contributed by atoms with Crippen LogP contribution in [0.4, 0.5) is 5.69 Å². The van der Waals surface area contributed by atoms with E-state index < -0.39 is 0 Å². The lowest BCUT2D eigenvalue weighted by atomic mass is 9.88. The van der Waals surface area contributed by atoms with Crippen LogP contribution in [0.1, 0.15) is 56.8 Å². The predicted molar refractivity (Wildman–Crippen MR) is 121 cm³/mol. The van der Waals surface area contributed by atoms with Crippen molar-refractivity contribution in [3.63, 3.8) is 0 Å². The van der Waals surface area contributed by atoms with Crippen molar-refractivity contribution in [2.45, 2.75) is 62.6 Å². The molecule has 2 unspecified atom stereocenters. The maximum atomic E-state index is 13.3. The smallest absolute Gasteiger partial charge is 0.254 e. The summed E-state index contributed by atoms with van der Waals surface area (Å²) in [6.07, 6.45) is 3.78. The summed E-state index contributed by atoms with van der Waals surface area (Å²) in [4.78, 5) is 18.0. The Labute approximate surface area is 176 Å². The molecular weight excluding hydrogens is 390 g/mol. The van der Waals surface area contributed by atoms with Crippen molar-refractivity contribution < 1.29 is 4.79 Å². The van der Waals surface area contributed by atoms with Crippen molar-refractivity contribution in [1.82, 2.24) is 4.90 Å². The summed E-state index contributed by atoms with van der Waals surface area (Å²) in [5.74, 6) is 2.12. The first-order chi connectivity index (χ1) is 13.5. The molecule has 2 atom stereocenters. The van der Waals surface area contributed by atoms with E-state index in [1.54, 1.807) is 24.3 Å². The van der Waals surface area contributed by atoms with E-state index in [1.165, 1.54) is 0 Å². The van der Waals surface area contributed by atoms with Gasteiger partial charge in [0.05, 0.1) is 4.08 Å². The van der Waals surface area contributed by atoms with E-state index in [0.29, 0.717) is 17.8 Å². The second-order valence-corrected chi connectivity index (χ2v) is 10.5. The predicted octanol–water partition coefficient (Wildman–Crippen LogP) is 5.56. The van der Waals surface area contributed by atoms with Crippen LogP contribution in [0.3, 0.4) is 0 Å². The first-order valence-electron chi connectivity index (χ1n) is 9.99. The molecule has 1 fully saturated rings. The highest BCUT2D eigenvalue weighted by Crippen LogP contribution is 2.48. The third kappa shape index (κ3) is 5.60. The van der Waals surface area contributed by atoms with Crippen LogP contribution in [0, 0.1) is 0 Å². The number of azide groups is 1. The van der Waals surface area contributed by atoms with Gasteiger partial charge in [-0.3, -0.25) is 4.79 Å². The van der Waals surface area contributed by atoms with Gasteiger partial charge in [-0.05, 0) is 54.9 Å². The zero-order valence-corrected chi connectivity index (χ0v) is 18.6. The van der Waals surface area contributed by atoms with Crippen LogP contribution in [-0.2, 0) is 0 Å². The molecule has 6 nitrogen and oxygen atoms in total. The molecule has 0 aromatic heterocycles. The molecule has 2 N–H and O–H groups in total. The number of nitrogens with two attached hydrogens (primary N) is 1. The van der Waals surface area contributed by atoms with Crippen molar-refractivity contribution in [2.75, 3.05) is 18.1 Å². The average Bonchev–Trinajstić information content (AvgIpc) is 2.67. The molecule has 0 saturated heterocycles. The first-order valence-corrected chi connectivity index (χ1v) is 12.0. The third-order valence-electron chi connectivity index (χ3n) is 5.06. The molecule has 0 heterocycles. The van der Waals surface area contributed by atoms with Crippen molar-refractivity contribution in [3.8, 4) is 0 Å². The number of amides is 1. The number of hydrogen-bond acceptors (Lipinski definition) is 5. The van der Waals surface area contributed by atoms with Crippen LogP contribution >= 0.6 is 23.5 Å². The van der Waals surface area contributed by atoms with Gasteiger partial charge in [-0.2, -0.15) is 0 Å². The lowest BCUT2D eigenvalue weighted by Gasteiger charge is -2.46. The van der Waals surface area contributed by atoms with Gasteiger partial charge < -0.3 is 10.6 Å². The Balaban J connectivity index is 2.23. The first kappa shape index (κ1) is 22.9. The minimum atomic E-state index is -0.0392. The SMILES string of the molecule is CCCN(C(=O)c1cccc(N=[N+]=[N-])c1)C1CCC(SCC)(SCC)CC1N. The molecule has 28 heavy (non-hydrogen) atoms. The van der Waals surface area contributed by atoms with Crippen LogP contribution in [0.5, 0.6) is 0 Å². The highest BCUT2D eigenvalue weighted by atomic mass is 32.2. The Morgan fingerprint density at radius 2 is 2.07 bits per heavy atom. The number of nitrogens with zero attached hydrogens (tertiary/aromatic N) is 4. The lowest BCUT2D eigenvalue weighted by Crippen LogP contribution is -2.56. The fraction of sp³-hybridized carbons (Fsp3) is 0.650.